The van der Waals surface area contributed by atoms with Gasteiger partial charge >= 0.3 is 0 Å². The maximum absolute atomic E-state index is 13.0. The van der Waals surface area contributed by atoms with Gasteiger partial charge in [0.15, 0.2) is 11.5 Å². The Labute approximate surface area is 143 Å². The van der Waals surface area contributed by atoms with Crippen molar-refractivity contribution in [1.82, 2.24) is 4.90 Å². The number of likely N-dealkylation sites (tertiary alicyclic amines) is 1. The lowest BCUT2D eigenvalue weighted by atomic mass is 9.92. The van der Waals surface area contributed by atoms with Crippen LogP contribution < -0.4 is 9.47 Å². The highest BCUT2D eigenvalue weighted by Crippen LogP contribution is 2.39. The van der Waals surface area contributed by atoms with Crippen molar-refractivity contribution in [3.63, 3.8) is 0 Å². The molecule has 0 spiro atoms. The van der Waals surface area contributed by atoms with Gasteiger partial charge in [-0.25, -0.2) is 0 Å². The predicted octanol–water partition coefficient (Wildman–Crippen LogP) is 3.87. The summed E-state index contributed by atoms with van der Waals surface area (Å²) < 4.78 is 11.5. The minimum atomic E-state index is 0.163. The summed E-state index contributed by atoms with van der Waals surface area (Å²) in [6.07, 6.45) is 10.3. The molecule has 24 heavy (non-hydrogen) atoms. The number of carbonyl (C=O) groups excluding carboxylic acids is 1. The zero-order valence-electron chi connectivity index (χ0n) is 14.1. The summed E-state index contributed by atoms with van der Waals surface area (Å²) in [5.74, 6) is 2.14. The lowest BCUT2D eigenvalue weighted by molar-refractivity contribution is -0.136. The van der Waals surface area contributed by atoms with E-state index in [1.165, 1.54) is 5.56 Å². The molecule has 4 rings (SSSR count). The first-order chi connectivity index (χ1) is 11.8. The van der Waals surface area contributed by atoms with Crippen molar-refractivity contribution < 1.29 is 14.3 Å². The van der Waals surface area contributed by atoms with Gasteiger partial charge in [0.1, 0.15) is 0 Å². The Kier molecular flexibility index (Phi) is 4.46. The number of fused-ring (bicyclic) bond motifs is 1. The van der Waals surface area contributed by atoms with E-state index in [0.29, 0.717) is 19.1 Å². The van der Waals surface area contributed by atoms with Gasteiger partial charge in [-0.1, -0.05) is 18.2 Å². The third-order valence-corrected chi connectivity index (χ3v) is 5.31. The summed E-state index contributed by atoms with van der Waals surface area (Å²) in [4.78, 5) is 15.1. The molecule has 1 aromatic carbocycles. The summed E-state index contributed by atoms with van der Waals surface area (Å²) in [7, 11) is 0. The van der Waals surface area contributed by atoms with Gasteiger partial charge < -0.3 is 14.4 Å². The van der Waals surface area contributed by atoms with E-state index in [1.54, 1.807) is 0 Å². The van der Waals surface area contributed by atoms with E-state index in [1.807, 2.05) is 6.07 Å². The number of benzene rings is 1. The molecule has 2 aliphatic heterocycles. The highest BCUT2D eigenvalue weighted by atomic mass is 16.5. The van der Waals surface area contributed by atoms with Gasteiger partial charge in [-0.3, -0.25) is 4.79 Å². The van der Waals surface area contributed by atoms with Crippen LogP contribution in [-0.4, -0.2) is 30.6 Å². The van der Waals surface area contributed by atoms with Crippen molar-refractivity contribution in [2.24, 2.45) is 5.92 Å². The molecule has 4 nitrogen and oxygen atoms in total. The summed E-state index contributed by atoms with van der Waals surface area (Å²) in [6.45, 7) is 2.27. The number of hydrogen-bond acceptors (Lipinski definition) is 3. The summed E-state index contributed by atoms with van der Waals surface area (Å²) >= 11 is 0. The van der Waals surface area contributed by atoms with E-state index in [4.69, 9.17) is 9.47 Å². The molecule has 0 N–H and O–H groups in total. The fourth-order valence-electron chi connectivity index (χ4n) is 4.02. The smallest absolute Gasteiger partial charge is 0.226 e. The summed E-state index contributed by atoms with van der Waals surface area (Å²) in [5.41, 5.74) is 1.18. The van der Waals surface area contributed by atoms with Crippen LogP contribution in [0.25, 0.3) is 0 Å². The van der Waals surface area contributed by atoms with Gasteiger partial charge in [0.25, 0.3) is 0 Å². The SMILES string of the molecule is O=C([C@@H]1CC=CCC1)N1CCC[C@H]1c1ccc2c(c1)OCCCO2. The molecule has 2 atom stereocenters. The first kappa shape index (κ1) is 15.6. The molecule has 1 saturated heterocycles. The Morgan fingerprint density at radius 2 is 1.92 bits per heavy atom. The van der Waals surface area contributed by atoms with E-state index in [0.717, 1.165) is 56.6 Å². The second-order valence-electron chi connectivity index (χ2n) is 6.93. The monoisotopic (exact) mass is 327 g/mol. The second kappa shape index (κ2) is 6.88. The van der Waals surface area contributed by atoms with Crippen molar-refractivity contribution in [3.8, 4) is 11.5 Å². The van der Waals surface area contributed by atoms with Crippen molar-refractivity contribution in [1.29, 1.82) is 0 Å². The van der Waals surface area contributed by atoms with Crippen LogP contribution >= 0.6 is 0 Å². The average molecular weight is 327 g/mol. The van der Waals surface area contributed by atoms with Crippen LogP contribution in [0.2, 0.25) is 0 Å². The number of hydrogen-bond donors (Lipinski definition) is 0. The number of nitrogens with zero attached hydrogens (tertiary/aromatic N) is 1. The molecule has 2 heterocycles. The van der Waals surface area contributed by atoms with Gasteiger partial charge in [0.2, 0.25) is 5.91 Å². The van der Waals surface area contributed by atoms with E-state index >= 15 is 0 Å². The van der Waals surface area contributed by atoms with Crippen molar-refractivity contribution in [3.05, 3.63) is 35.9 Å². The molecule has 4 heteroatoms. The molecule has 1 fully saturated rings. The largest absolute Gasteiger partial charge is 0.490 e. The highest BCUT2D eigenvalue weighted by molar-refractivity contribution is 5.80. The summed E-state index contributed by atoms with van der Waals surface area (Å²) in [5, 5.41) is 0. The Balaban J connectivity index is 1.55. The summed E-state index contributed by atoms with van der Waals surface area (Å²) in [6, 6.07) is 6.36. The quantitative estimate of drug-likeness (QED) is 0.774. The van der Waals surface area contributed by atoms with Gasteiger partial charge in [-0.2, -0.15) is 0 Å². The molecule has 1 amide bonds. The van der Waals surface area contributed by atoms with E-state index in [-0.39, 0.29) is 12.0 Å². The lowest BCUT2D eigenvalue weighted by Gasteiger charge is -2.30. The molecular weight excluding hydrogens is 302 g/mol. The molecule has 0 aromatic heterocycles. The van der Waals surface area contributed by atoms with Crippen LogP contribution in [0.3, 0.4) is 0 Å². The van der Waals surface area contributed by atoms with Crippen LogP contribution in [0, 0.1) is 5.92 Å². The second-order valence-corrected chi connectivity index (χ2v) is 6.93. The van der Waals surface area contributed by atoms with Crippen molar-refractivity contribution >= 4 is 5.91 Å². The van der Waals surface area contributed by atoms with Crippen LogP contribution in [-0.2, 0) is 4.79 Å². The fraction of sp³-hybridized carbons (Fsp3) is 0.550. The van der Waals surface area contributed by atoms with Crippen LogP contribution in [0.15, 0.2) is 30.4 Å². The zero-order valence-corrected chi connectivity index (χ0v) is 14.1. The van der Waals surface area contributed by atoms with Crippen LogP contribution in [0.5, 0.6) is 11.5 Å². The number of carbonyl (C=O) groups is 1. The first-order valence-electron chi connectivity index (χ1n) is 9.18. The lowest BCUT2D eigenvalue weighted by Crippen LogP contribution is -2.36. The molecule has 0 radical (unpaired) electrons. The van der Waals surface area contributed by atoms with Gasteiger partial charge in [0.05, 0.1) is 19.3 Å². The molecule has 0 unspecified atom stereocenters. The average Bonchev–Trinajstić information content (AvgIpc) is 3.00. The molecule has 128 valence electrons. The zero-order chi connectivity index (χ0) is 16.4. The Morgan fingerprint density at radius 1 is 1.04 bits per heavy atom. The molecule has 1 aliphatic carbocycles. The third-order valence-electron chi connectivity index (χ3n) is 5.31. The standard InChI is InChI=1S/C20H25NO3/c22-20(15-6-2-1-3-7-15)21-11-4-8-17(21)16-9-10-18-19(14-16)24-13-5-12-23-18/h1-2,9-10,14-15,17H,3-8,11-13H2/t15-,17+/m1/s1. The molecule has 3 aliphatic rings. The van der Waals surface area contributed by atoms with E-state index in [2.05, 4.69) is 29.2 Å². The van der Waals surface area contributed by atoms with Crippen LogP contribution in [0.1, 0.15) is 50.1 Å². The Bertz CT molecular complexity index is 640. The van der Waals surface area contributed by atoms with Crippen molar-refractivity contribution in [2.45, 2.75) is 44.6 Å². The minimum Gasteiger partial charge on any atom is -0.490 e. The Hall–Kier alpha value is -1.97. The maximum Gasteiger partial charge on any atom is 0.226 e. The molecule has 0 bridgehead atoms. The topological polar surface area (TPSA) is 38.8 Å². The molecular formula is C20H25NO3. The number of amides is 1. The van der Waals surface area contributed by atoms with Gasteiger partial charge in [-0.15, -0.1) is 0 Å². The molecule has 1 aromatic rings. The highest BCUT2D eigenvalue weighted by Gasteiger charge is 2.34. The maximum atomic E-state index is 13.0. The minimum absolute atomic E-state index is 0.163. The molecule has 0 saturated carbocycles. The van der Waals surface area contributed by atoms with E-state index in [9.17, 15) is 4.79 Å². The van der Waals surface area contributed by atoms with Gasteiger partial charge in [0, 0.05) is 18.9 Å². The number of allylic oxidation sites excluding steroid dienone is 2. The predicted molar refractivity (Wildman–Crippen MR) is 92.2 cm³/mol. The van der Waals surface area contributed by atoms with E-state index < -0.39 is 0 Å². The third kappa shape index (κ3) is 3.02. The number of rotatable bonds is 2. The number of ether oxygens (including phenoxy) is 2. The van der Waals surface area contributed by atoms with Crippen LogP contribution in [0.4, 0.5) is 0 Å². The fourth-order valence-corrected chi connectivity index (χ4v) is 4.02. The van der Waals surface area contributed by atoms with Gasteiger partial charge in [-0.05, 0) is 49.8 Å². The Morgan fingerprint density at radius 3 is 2.75 bits per heavy atom. The first-order valence-corrected chi connectivity index (χ1v) is 9.18. The van der Waals surface area contributed by atoms with Crippen molar-refractivity contribution in [2.75, 3.05) is 19.8 Å². The normalized spacial score (nSPS) is 26.2.